The van der Waals surface area contributed by atoms with Crippen LogP contribution in [0.5, 0.6) is 0 Å². The largest absolute Gasteiger partial charge is 0.378 e. The van der Waals surface area contributed by atoms with Crippen molar-refractivity contribution in [1.82, 2.24) is 19.5 Å². The van der Waals surface area contributed by atoms with Crippen LogP contribution in [0, 0.1) is 0 Å². The van der Waals surface area contributed by atoms with E-state index < -0.39 is 0 Å². The van der Waals surface area contributed by atoms with Crippen molar-refractivity contribution in [2.24, 2.45) is 7.05 Å². The van der Waals surface area contributed by atoms with Crippen LogP contribution in [0.2, 0.25) is 5.28 Å². The van der Waals surface area contributed by atoms with Crippen LogP contribution in [-0.4, -0.2) is 45.8 Å². The van der Waals surface area contributed by atoms with Crippen LogP contribution < -0.4 is 4.90 Å². The Morgan fingerprint density at radius 3 is 2.63 bits per heavy atom. The summed E-state index contributed by atoms with van der Waals surface area (Å²) in [6.07, 6.45) is 0.854. The monoisotopic (exact) mass is 281 g/mol. The number of nitrogens with zero attached hydrogens (tertiary/aromatic N) is 5. The molecule has 19 heavy (non-hydrogen) atoms. The maximum atomic E-state index is 6.05. The number of aromatic nitrogens is 4. The van der Waals surface area contributed by atoms with Gasteiger partial charge >= 0.3 is 0 Å². The highest BCUT2D eigenvalue weighted by Gasteiger charge is 2.20. The van der Waals surface area contributed by atoms with E-state index in [2.05, 4.69) is 26.8 Å². The van der Waals surface area contributed by atoms with Gasteiger partial charge in [-0.2, -0.15) is 9.97 Å². The molecule has 0 saturated carbocycles. The molecular weight excluding hydrogens is 266 g/mol. The average molecular weight is 282 g/mol. The maximum Gasteiger partial charge on any atom is 0.226 e. The van der Waals surface area contributed by atoms with E-state index in [-0.39, 0.29) is 5.28 Å². The first-order valence-corrected chi connectivity index (χ1v) is 6.80. The fourth-order valence-corrected chi connectivity index (χ4v) is 2.54. The normalized spacial score (nSPS) is 16.3. The van der Waals surface area contributed by atoms with Gasteiger partial charge in [-0.1, -0.05) is 6.92 Å². The molecule has 0 N–H and O–H groups in total. The predicted molar refractivity (Wildman–Crippen MR) is 73.7 cm³/mol. The number of rotatable bonds is 2. The summed E-state index contributed by atoms with van der Waals surface area (Å²) < 4.78 is 7.35. The van der Waals surface area contributed by atoms with E-state index in [0.29, 0.717) is 13.2 Å². The number of halogens is 1. The second-order valence-corrected chi connectivity index (χ2v) is 4.87. The standard InChI is InChI=1S/C12H16ClN5O/c1-3-8-14-9-10(17(8)2)15-12(13)16-11(9)18-4-6-19-7-5-18/h3-7H2,1-2H3. The number of morpholine rings is 1. The third-order valence-electron chi connectivity index (χ3n) is 3.39. The van der Waals surface area contributed by atoms with Crippen LogP contribution in [0.25, 0.3) is 11.2 Å². The molecule has 102 valence electrons. The minimum absolute atomic E-state index is 0.264. The third kappa shape index (κ3) is 2.15. The molecular formula is C12H16ClN5O. The summed E-state index contributed by atoms with van der Waals surface area (Å²) in [5.41, 5.74) is 1.61. The van der Waals surface area contributed by atoms with Gasteiger partial charge in [0.15, 0.2) is 17.0 Å². The minimum atomic E-state index is 0.264. The Morgan fingerprint density at radius 1 is 1.21 bits per heavy atom. The number of ether oxygens (including phenoxy) is 1. The number of hydrogen-bond acceptors (Lipinski definition) is 5. The molecule has 3 heterocycles. The van der Waals surface area contributed by atoms with Crippen LogP contribution in [-0.2, 0) is 18.2 Å². The highest BCUT2D eigenvalue weighted by Crippen LogP contribution is 2.26. The number of anilines is 1. The van der Waals surface area contributed by atoms with Crippen LogP contribution in [0.3, 0.4) is 0 Å². The van der Waals surface area contributed by atoms with E-state index in [1.807, 2.05) is 11.6 Å². The molecule has 1 saturated heterocycles. The van der Waals surface area contributed by atoms with E-state index in [1.165, 1.54) is 0 Å². The van der Waals surface area contributed by atoms with E-state index in [9.17, 15) is 0 Å². The molecule has 0 amide bonds. The smallest absolute Gasteiger partial charge is 0.226 e. The van der Waals surface area contributed by atoms with Crippen molar-refractivity contribution in [3.63, 3.8) is 0 Å². The van der Waals surface area contributed by atoms with Crippen LogP contribution >= 0.6 is 11.6 Å². The number of aryl methyl sites for hydroxylation is 2. The molecule has 0 bridgehead atoms. The lowest BCUT2D eigenvalue weighted by Crippen LogP contribution is -2.37. The fourth-order valence-electron chi connectivity index (χ4n) is 2.38. The number of fused-ring (bicyclic) bond motifs is 1. The summed E-state index contributed by atoms with van der Waals surface area (Å²) >= 11 is 6.05. The lowest BCUT2D eigenvalue weighted by molar-refractivity contribution is 0.122. The first-order chi connectivity index (χ1) is 9.20. The molecule has 0 radical (unpaired) electrons. The molecule has 0 aliphatic carbocycles. The molecule has 0 aromatic carbocycles. The number of imidazole rings is 1. The zero-order valence-corrected chi connectivity index (χ0v) is 11.8. The van der Waals surface area contributed by atoms with E-state index in [1.54, 1.807) is 0 Å². The van der Waals surface area contributed by atoms with Crippen molar-refractivity contribution in [1.29, 1.82) is 0 Å². The third-order valence-corrected chi connectivity index (χ3v) is 3.56. The summed E-state index contributed by atoms with van der Waals surface area (Å²) in [6.45, 7) is 5.10. The van der Waals surface area contributed by atoms with Gasteiger partial charge in [-0.05, 0) is 11.6 Å². The Labute approximate surface area is 116 Å². The Balaban J connectivity index is 2.17. The average Bonchev–Trinajstić information content (AvgIpc) is 2.76. The topological polar surface area (TPSA) is 56.1 Å². The summed E-state index contributed by atoms with van der Waals surface area (Å²) in [4.78, 5) is 15.5. The fraction of sp³-hybridized carbons (Fsp3) is 0.583. The molecule has 1 aliphatic rings. The van der Waals surface area contributed by atoms with Crippen LogP contribution in [0.1, 0.15) is 12.7 Å². The van der Waals surface area contributed by atoms with Gasteiger partial charge < -0.3 is 14.2 Å². The van der Waals surface area contributed by atoms with Crippen molar-refractivity contribution in [3.05, 3.63) is 11.1 Å². The van der Waals surface area contributed by atoms with Crippen molar-refractivity contribution in [2.75, 3.05) is 31.2 Å². The van der Waals surface area contributed by atoms with E-state index >= 15 is 0 Å². The maximum absolute atomic E-state index is 6.05. The molecule has 0 atom stereocenters. The van der Waals surface area contributed by atoms with E-state index in [0.717, 1.165) is 42.3 Å². The summed E-state index contributed by atoms with van der Waals surface area (Å²) in [6, 6.07) is 0. The van der Waals surface area contributed by atoms with Gasteiger partial charge in [-0.25, -0.2) is 4.98 Å². The Hall–Kier alpha value is -1.40. The lowest BCUT2D eigenvalue weighted by Gasteiger charge is -2.27. The van der Waals surface area contributed by atoms with Crippen molar-refractivity contribution >= 4 is 28.6 Å². The SMILES string of the molecule is CCc1nc2c(N3CCOCC3)nc(Cl)nc2n1C. The van der Waals surface area contributed by atoms with Gasteiger partial charge in [-0.15, -0.1) is 0 Å². The van der Waals surface area contributed by atoms with Crippen molar-refractivity contribution in [2.45, 2.75) is 13.3 Å². The molecule has 2 aromatic heterocycles. The highest BCUT2D eigenvalue weighted by atomic mass is 35.5. The van der Waals surface area contributed by atoms with E-state index in [4.69, 9.17) is 16.3 Å². The molecule has 0 unspecified atom stereocenters. The van der Waals surface area contributed by atoms with Gasteiger partial charge in [-0.3, -0.25) is 0 Å². The predicted octanol–water partition coefficient (Wildman–Crippen LogP) is 1.42. The first-order valence-electron chi connectivity index (χ1n) is 6.42. The van der Waals surface area contributed by atoms with Crippen LogP contribution in [0.4, 0.5) is 5.82 Å². The van der Waals surface area contributed by atoms with Gasteiger partial charge in [0.05, 0.1) is 13.2 Å². The van der Waals surface area contributed by atoms with Gasteiger partial charge in [0.2, 0.25) is 5.28 Å². The van der Waals surface area contributed by atoms with Gasteiger partial charge in [0.25, 0.3) is 0 Å². The second-order valence-electron chi connectivity index (χ2n) is 4.53. The zero-order chi connectivity index (χ0) is 13.4. The molecule has 0 spiro atoms. The lowest BCUT2D eigenvalue weighted by atomic mass is 10.4. The van der Waals surface area contributed by atoms with Gasteiger partial charge in [0.1, 0.15) is 5.82 Å². The molecule has 6 nitrogen and oxygen atoms in total. The summed E-state index contributed by atoms with van der Waals surface area (Å²) in [7, 11) is 1.96. The molecule has 7 heteroatoms. The quantitative estimate of drug-likeness (QED) is 0.779. The van der Waals surface area contributed by atoms with Crippen molar-refractivity contribution < 1.29 is 4.74 Å². The summed E-state index contributed by atoms with van der Waals surface area (Å²) in [5, 5.41) is 0.264. The van der Waals surface area contributed by atoms with Crippen LogP contribution in [0.15, 0.2) is 0 Å². The molecule has 2 aromatic rings. The molecule has 1 aliphatic heterocycles. The minimum Gasteiger partial charge on any atom is -0.378 e. The van der Waals surface area contributed by atoms with Gasteiger partial charge in [0, 0.05) is 26.6 Å². The Kier molecular flexibility index (Phi) is 3.28. The van der Waals surface area contributed by atoms with Crippen molar-refractivity contribution in [3.8, 4) is 0 Å². The summed E-state index contributed by atoms with van der Waals surface area (Å²) in [5.74, 6) is 1.80. The Morgan fingerprint density at radius 2 is 1.95 bits per heavy atom. The highest BCUT2D eigenvalue weighted by molar-refractivity contribution is 6.28. The Bertz CT molecular complexity index is 606. The second kappa shape index (κ2) is 4.94. The molecule has 3 rings (SSSR count). The number of hydrogen-bond donors (Lipinski definition) is 0. The first kappa shape index (κ1) is 12.6. The zero-order valence-electron chi connectivity index (χ0n) is 11.1. The molecule has 1 fully saturated rings.